The largest absolute Gasteiger partial charge is 0.325 e. The molecule has 7 nitrogen and oxygen atoms in total. The first-order valence-corrected chi connectivity index (χ1v) is 11.0. The summed E-state index contributed by atoms with van der Waals surface area (Å²) < 4.78 is 1.85. The quantitative estimate of drug-likeness (QED) is 0.309. The number of pyridine rings is 1. The second-order valence-corrected chi connectivity index (χ2v) is 8.21. The van der Waals surface area contributed by atoms with Gasteiger partial charge in [0, 0.05) is 34.2 Å². The van der Waals surface area contributed by atoms with Crippen molar-refractivity contribution in [2.45, 2.75) is 12.1 Å². The zero-order valence-electron chi connectivity index (χ0n) is 17.0. The summed E-state index contributed by atoms with van der Waals surface area (Å²) in [6.07, 6.45) is 3.39. The summed E-state index contributed by atoms with van der Waals surface area (Å²) in [5.41, 5.74) is 2.79. The molecule has 160 valence electrons. The average Bonchev–Trinajstić information content (AvgIpc) is 3.23. The molecule has 2 heterocycles. The van der Waals surface area contributed by atoms with Crippen molar-refractivity contribution >= 4 is 40.7 Å². The number of benzene rings is 2. The lowest BCUT2D eigenvalue weighted by Gasteiger charge is -2.11. The summed E-state index contributed by atoms with van der Waals surface area (Å²) in [4.78, 5) is 28.1. The van der Waals surface area contributed by atoms with Crippen molar-refractivity contribution < 1.29 is 9.59 Å². The van der Waals surface area contributed by atoms with E-state index in [0.29, 0.717) is 27.3 Å². The third kappa shape index (κ3) is 5.04. The summed E-state index contributed by atoms with van der Waals surface area (Å²) in [6, 6.07) is 17.8. The van der Waals surface area contributed by atoms with Crippen molar-refractivity contribution in [1.82, 2.24) is 19.7 Å². The van der Waals surface area contributed by atoms with Crippen molar-refractivity contribution in [2.75, 3.05) is 11.1 Å². The molecule has 0 aliphatic rings. The maximum Gasteiger partial charge on any atom is 0.234 e. The van der Waals surface area contributed by atoms with Crippen LogP contribution in [0.2, 0.25) is 5.02 Å². The Hall–Kier alpha value is -3.49. The summed E-state index contributed by atoms with van der Waals surface area (Å²) in [7, 11) is 0. The SMILES string of the molecule is CC(=O)c1ccc(NC(=O)CSc2nnc(-c3cccnc3)n2-c2cccc(Cl)c2)cc1. The first-order valence-electron chi connectivity index (χ1n) is 9.66. The van der Waals surface area contributed by atoms with Crippen LogP contribution in [0.5, 0.6) is 0 Å². The van der Waals surface area contributed by atoms with Gasteiger partial charge in [0.05, 0.1) is 11.4 Å². The number of Topliss-reactive ketones (excluding diaryl/α,β-unsaturated/α-hetero) is 1. The molecular formula is C23H18ClN5O2S. The third-order valence-electron chi connectivity index (χ3n) is 4.53. The first kappa shape index (κ1) is 21.7. The van der Waals surface area contributed by atoms with Crippen LogP contribution in [0, 0.1) is 0 Å². The fraction of sp³-hybridized carbons (Fsp3) is 0.0870. The zero-order chi connectivity index (χ0) is 22.5. The number of carbonyl (C=O) groups excluding carboxylic acids is 2. The van der Waals surface area contributed by atoms with Gasteiger partial charge in [0.15, 0.2) is 16.8 Å². The van der Waals surface area contributed by atoms with Gasteiger partial charge in [0.1, 0.15) is 0 Å². The number of nitrogens with one attached hydrogen (secondary N) is 1. The summed E-state index contributed by atoms with van der Waals surface area (Å²) in [6.45, 7) is 1.50. The fourth-order valence-corrected chi connectivity index (χ4v) is 3.95. The maximum absolute atomic E-state index is 12.5. The van der Waals surface area contributed by atoms with E-state index in [1.165, 1.54) is 18.7 Å². The predicted octanol–water partition coefficient (Wildman–Crippen LogP) is 4.92. The van der Waals surface area contributed by atoms with Crippen LogP contribution in [0.25, 0.3) is 17.1 Å². The van der Waals surface area contributed by atoms with Gasteiger partial charge in [-0.2, -0.15) is 0 Å². The van der Waals surface area contributed by atoms with Crippen molar-refractivity contribution in [3.63, 3.8) is 0 Å². The van der Waals surface area contributed by atoms with E-state index >= 15 is 0 Å². The summed E-state index contributed by atoms with van der Waals surface area (Å²) in [5, 5.41) is 12.6. The zero-order valence-corrected chi connectivity index (χ0v) is 18.6. The number of anilines is 1. The second-order valence-electron chi connectivity index (χ2n) is 6.83. The van der Waals surface area contributed by atoms with E-state index in [2.05, 4.69) is 20.5 Å². The minimum Gasteiger partial charge on any atom is -0.325 e. The molecule has 0 bridgehead atoms. The molecule has 2 aromatic heterocycles. The highest BCUT2D eigenvalue weighted by atomic mass is 35.5. The molecule has 1 N–H and O–H groups in total. The number of aromatic nitrogens is 4. The Kier molecular flexibility index (Phi) is 6.63. The molecule has 0 spiro atoms. The lowest BCUT2D eigenvalue weighted by molar-refractivity contribution is -0.113. The van der Waals surface area contributed by atoms with Crippen molar-refractivity contribution in [2.24, 2.45) is 0 Å². The molecule has 0 fully saturated rings. The highest BCUT2D eigenvalue weighted by Gasteiger charge is 2.18. The Morgan fingerprint density at radius 3 is 2.56 bits per heavy atom. The monoisotopic (exact) mass is 463 g/mol. The van der Waals surface area contributed by atoms with Crippen molar-refractivity contribution in [3.05, 3.63) is 83.6 Å². The van der Waals surface area contributed by atoms with Gasteiger partial charge in [-0.3, -0.25) is 19.1 Å². The number of rotatable bonds is 7. The lowest BCUT2D eigenvalue weighted by atomic mass is 10.1. The smallest absolute Gasteiger partial charge is 0.234 e. The third-order valence-corrected chi connectivity index (χ3v) is 5.69. The minimum absolute atomic E-state index is 0.0248. The Bertz CT molecular complexity index is 1260. The Balaban J connectivity index is 1.55. The Morgan fingerprint density at radius 1 is 1.06 bits per heavy atom. The number of thioether (sulfide) groups is 1. The Labute approximate surface area is 193 Å². The predicted molar refractivity (Wildman–Crippen MR) is 125 cm³/mol. The van der Waals surface area contributed by atoms with E-state index in [9.17, 15) is 9.59 Å². The van der Waals surface area contributed by atoms with Gasteiger partial charge in [-0.15, -0.1) is 10.2 Å². The highest BCUT2D eigenvalue weighted by Crippen LogP contribution is 2.28. The van der Waals surface area contributed by atoms with E-state index in [0.717, 1.165) is 11.3 Å². The molecule has 0 saturated carbocycles. The molecule has 0 aliphatic carbocycles. The summed E-state index contributed by atoms with van der Waals surface area (Å²) >= 11 is 7.46. The van der Waals surface area contributed by atoms with Crippen LogP contribution in [-0.4, -0.2) is 37.2 Å². The minimum atomic E-state index is -0.200. The Morgan fingerprint density at radius 2 is 1.88 bits per heavy atom. The van der Waals surface area contributed by atoms with Crippen molar-refractivity contribution in [1.29, 1.82) is 0 Å². The van der Waals surface area contributed by atoms with E-state index in [1.54, 1.807) is 42.7 Å². The number of carbonyl (C=O) groups is 2. The van der Waals surface area contributed by atoms with Crippen LogP contribution >= 0.6 is 23.4 Å². The topological polar surface area (TPSA) is 89.8 Å². The molecule has 1 amide bonds. The highest BCUT2D eigenvalue weighted by molar-refractivity contribution is 7.99. The average molecular weight is 464 g/mol. The van der Waals surface area contributed by atoms with Crippen LogP contribution in [0.4, 0.5) is 5.69 Å². The molecule has 0 aliphatic heterocycles. The van der Waals surface area contributed by atoms with Crippen LogP contribution in [0.1, 0.15) is 17.3 Å². The number of hydrogen-bond acceptors (Lipinski definition) is 6. The molecule has 0 unspecified atom stereocenters. The van der Waals surface area contributed by atoms with Crippen LogP contribution in [0.3, 0.4) is 0 Å². The second kappa shape index (κ2) is 9.76. The van der Waals surface area contributed by atoms with Gasteiger partial charge in [-0.1, -0.05) is 29.4 Å². The fourth-order valence-electron chi connectivity index (χ4n) is 3.01. The number of amides is 1. The van der Waals surface area contributed by atoms with Gasteiger partial charge >= 0.3 is 0 Å². The molecule has 2 aromatic carbocycles. The van der Waals surface area contributed by atoms with E-state index in [4.69, 9.17) is 11.6 Å². The van der Waals surface area contributed by atoms with Gasteiger partial charge in [-0.05, 0) is 61.5 Å². The first-order chi connectivity index (χ1) is 15.5. The van der Waals surface area contributed by atoms with Gasteiger partial charge in [-0.25, -0.2) is 0 Å². The van der Waals surface area contributed by atoms with Crippen molar-refractivity contribution in [3.8, 4) is 17.1 Å². The van der Waals surface area contributed by atoms with E-state index in [1.807, 2.05) is 34.9 Å². The van der Waals surface area contributed by atoms with Crippen LogP contribution < -0.4 is 5.32 Å². The molecular weight excluding hydrogens is 446 g/mol. The number of hydrogen-bond donors (Lipinski definition) is 1. The maximum atomic E-state index is 12.5. The number of ketones is 1. The van der Waals surface area contributed by atoms with Gasteiger partial charge in [0.25, 0.3) is 0 Å². The molecule has 9 heteroatoms. The molecule has 4 rings (SSSR count). The van der Waals surface area contributed by atoms with Gasteiger partial charge in [0.2, 0.25) is 5.91 Å². The number of nitrogens with zero attached hydrogens (tertiary/aromatic N) is 4. The molecule has 4 aromatic rings. The number of halogens is 1. The summed E-state index contributed by atoms with van der Waals surface area (Å²) in [5.74, 6) is 0.501. The van der Waals surface area contributed by atoms with Crippen LogP contribution in [0.15, 0.2) is 78.2 Å². The van der Waals surface area contributed by atoms with Gasteiger partial charge < -0.3 is 5.32 Å². The van der Waals surface area contributed by atoms with E-state index < -0.39 is 0 Å². The van der Waals surface area contributed by atoms with E-state index in [-0.39, 0.29) is 17.4 Å². The molecule has 32 heavy (non-hydrogen) atoms. The molecule has 0 atom stereocenters. The molecule has 0 radical (unpaired) electrons. The lowest BCUT2D eigenvalue weighted by Crippen LogP contribution is -2.14. The molecule has 0 saturated heterocycles. The van der Waals surface area contributed by atoms with Crippen LogP contribution in [-0.2, 0) is 4.79 Å². The normalized spacial score (nSPS) is 10.7. The standard InChI is InChI=1S/C23H18ClN5O2S/c1-15(30)16-7-9-19(10-8-16)26-21(31)14-32-23-28-27-22(17-4-3-11-25-13-17)29(23)20-6-2-5-18(24)12-20/h2-13H,14H2,1H3,(H,26,31).